The van der Waals surface area contributed by atoms with Gasteiger partial charge in [0.1, 0.15) is 23.5 Å². The lowest BCUT2D eigenvalue weighted by Gasteiger charge is -2.41. The van der Waals surface area contributed by atoms with Crippen LogP contribution >= 0.6 is 0 Å². The van der Waals surface area contributed by atoms with Crippen molar-refractivity contribution in [2.75, 3.05) is 16.8 Å². The normalized spacial score (nSPS) is 14.1. The Bertz CT molecular complexity index is 1190. The van der Waals surface area contributed by atoms with Gasteiger partial charge in [-0.15, -0.1) is 0 Å². The van der Waals surface area contributed by atoms with E-state index < -0.39 is 24.0 Å². The van der Waals surface area contributed by atoms with Crippen LogP contribution in [0.4, 0.5) is 11.4 Å². The lowest BCUT2D eigenvalue weighted by molar-refractivity contribution is -0.128. The molecule has 4 rings (SSSR count). The number of rotatable bonds is 6. The minimum absolute atomic E-state index is 0.220. The molecule has 0 spiro atoms. The van der Waals surface area contributed by atoms with Crippen LogP contribution in [-0.4, -0.2) is 29.9 Å². The third-order valence-corrected chi connectivity index (χ3v) is 5.43. The first-order valence-corrected chi connectivity index (χ1v) is 10.5. The Balaban J connectivity index is 1.47. The first-order valence-electron chi connectivity index (χ1n) is 10.5. The molecule has 2 amide bonds. The maximum Gasteiger partial charge on any atom is 0.342 e. The van der Waals surface area contributed by atoms with Crippen molar-refractivity contribution >= 4 is 29.2 Å². The number of nitrogens with zero attached hydrogens (tertiary/aromatic N) is 1. The first-order chi connectivity index (χ1) is 15.9. The maximum absolute atomic E-state index is 13.1. The molecule has 0 aromatic heterocycles. The summed E-state index contributed by atoms with van der Waals surface area (Å²) in [5.41, 5.74) is 1.11. The molecule has 33 heavy (non-hydrogen) atoms. The van der Waals surface area contributed by atoms with Crippen LogP contribution in [0.25, 0.3) is 0 Å². The average Bonchev–Trinajstić information content (AvgIpc) is 2.82. The van der Waals surface area contributed by atoms with Crippen LogP contribution in [0.15, 0.2) is 78.9 Å². The molecular weight excluding hydrogens is 420 g/mol. The van der Waals surface area contributed by atoms with Crippen molar-refractivity contribution in [1.29, 1.82) is 0 Å². The molecule has 1 heterocycles. The largest absolute Gasteiger partial charge is 0.488 e. The number of esters is 1. The zero-order chi connectivity index (χ0) is 23.4. The van der Waals surface area contributed by atoms with Crippen LogP contribution in [0.5, 0.6) is 5.75 Å². The van der Waals surface area contributed by atoms with Gasteiger partial charge in [0, 0.05) is 0 Å². The molecule has 0 unspecified atom stereocenters. The van der Waals surface area contributed by atoms with E-state index in [0.29, 0.717) is 17.1 Å². The molecule has 3 aromatic rings. The highest BCUT2D eigenvalue weighted by atomic mass is 16.5. The summed E-state index contributed by atoms with van der Waals surface area (Å²) < 4.78 is 11.1. The maximum atomic E-state index is 13.1. The molecule has 0 saturated heterocycles. The fraction of sp³-hybridized carbons (Fsp3) is 0.192. The molecule has 1 aliphatic heterocycles. The highest BCUT2D eigenvalue weighted by Crippen LogP contribution is 2.36. The second-order valence-corrected chi connectivity index (χ2v) is 8.11. The van der Waals surface area contributed by atoms with Gasteiger partial charge in [0.25, 0.3) is 5.91 Å². The number of carbonyl (C=O) groups excluding carboxylic acids is 3. The van der Waals surface area contributed by atoms with Crippen molar-refractivity contribution in [2.24, 2.45) is 0 Å². The summed E-state index contributed by atoms with van der Waals surface area (Å²) in [6.45, 7) is 3.06. The molecule has 0 fully saturated rings. The fourth-order valence-electron chi connectivity index (χ4n) is 3.66. The van der Waals surface area contributed by atoms with Crippen molar-refractivity contribution in [1.82, 2.24) is 0 Å². The van der Waals surface area contributed by atoms with Crippen LogP contribution in [0, 0.1) is 0 Å². The molecule has 3 aromatic carbocycles. The van der Waals surface area contributed by atoms with Gasteiger partial charge in [0.15, 0.2) is 6.61 Å². The Morgan fingerprint density at radius 1 is 0.909 bits per heavy atom. The van der Waals surface area contributed by atoms with Gasteiger partial charge in [0.05, 0.1) is 11.4 Å². The van der Waals surface area contributed by atoms with Gasteiger partial charge in [-0.05, 0) is 43.7 Å². The molecule has 7 heteroatoms. The Morgan fingerprint density at radius 2 is 1.58 bits per heavy atom. The molecule has 7 nitrogen and oxygen atoms in total. The van der Waals surface area contributed by atoms with E-state index >= 15 is 0 Å². The standard InChI is InChI=1S/C26H24N2O5/c1-26(2)25(31)27-20-13-7-8-14-21(20)28(26)23(29)17-33-24(30)19-12-6-9-15-22(19)32-16-18-10-4-3-5-11-18/h3-15H,16-17H2,1-2H3,(H,27,31). The lowest BCUT2D eigenvalue weighted by Crippen LogP contribution is -2.59. The van der Waals surface area contributed by atoms with Gasteiger partial charge >= 0.3 is 5.97 Å². The van der Waals surface area contributed by atoms with E-state index in [-0.39, 0.29) is 18.1 Å². The number of nitrogens with one attached hydrogen (secondary N) is 1. The van der Waals surface area contributed by atoms with Crippen molar-refractivity contribution < 1.29 is 23.9 Å². The summed E-state index contributed by atoms with van der Waals surface area (Å²) in [4.78, 5) is 39.8. The van der Waals surface area contributed by atoms with Crippen molar-refractivity contribution in [2.45, 2.75) is 26.0 Å². The highest BCUT2D eigenvalue weighted by molar-refractivity contribution is 6.14. The zero-order valence-corrected chi connectivity index (χ0v) is 18.4. The van der Waals surface area contributed by atoms with Gasteiger partial charge in [-0.1, -0.05) is 54.6 Å². The van der Waals surface area contributed by atoms with Crippen LogP contribution in [0.2, 0.25) is 0 Å². The minimum atomic E-state index is -1.14. The van der Waals surface area contributed by atoms with Gasteiger partial charge in [0.2, 0.25) is 5.91 Å². The van der Waals surface area contributed by atoms with Gasteiger partial charge < -0.3 is 14.8 Å². The Morgan fingerprint density at radius 3 is 2.36 bits per heavy atom. The second-order valence-electron chi connectivity index (χ2n) is 8.11. The predicted octanol–water partition coefficient (Wildman–Crippen LogP) is 4.19. The number of hydrogen-bond donors (Lipinski definition) is 1. The summed E-state index contributed by atoms with van der Waals surface area (Å²) in [6.07, 6.45) is 0. The number of ether oxygens (including phenoxy) is 2. The molecule has 168 valence electrons. The van der Waals surface area contributed by atoms with E-state index in [1.165, 1.54) is 4.90 Å². The average molecular weight is 444 g/mol. The first kappa shape index (κ1) is 22.1. The van der Waals surface area contributed by atoms with Crippen LogP contribution in [-0.2, 0) is 20.9 Å². The van der Waals surface area contributed by atoms with E-state index in [2.05, 4.69) is 5.32 Å². The van der Waals surface area contributed by atoms with Crippen molar-refractivity contribution in [3.63, 3.8) is 0 Å². The molecule has 0 atom stereocenters. The molecule has 0 bridgehead atoms. The number of carbonyl (C=O) groups is 3. The van der Waals surface area contributed by atoms with Crippen molar-refractivity contribution in [3.8, 4) is 5.75 Å². The van der Waals surface area contributed by atoms with E-state index in [0.717, 1.165) is 5.56 Å². The van der Waals surface area contributed by atoms with Gasteiger partial charge in [-0.25, -0.2) is 4.79 Å². The van der Waals surface area contributed by atoms with E-state index in [9.17, 15) is 14.4 Å². The smallest absolute Gasteiger partial charge is 0.342 e. The van der Waals surface area contributed by atoms with E-state index in [1.807, 2.05) is 30.3 Å². The number of fused-ring (bicyclic) bond motifs is 1. The number of benzene rings is 3. The van der Waals surface area contributed by atoms with Crippen LogP contribution in [0.3, 0.4) is 0 Å². The molecule has 0 aliphatic carbocycles. The second kappa shape index (κ2) is 9.16. The zero-order valence-electron chi connectivity index (χ0n) is 18.4. The van der Waals surface area contributed by atoms with E-state index in [4.69, 9.17) is 9.47 Å². The third kappa shape index (κ3) is 4.57. The molecular formula is C26H24N2O5. The summed E-state index contributed by atoms with van der Waals surface area (Å²) in [6, 6.07) is 23.3. The monoisotopic (exact) mass is 444 g/mol. The Hall–Kier alpha value is -4.13. The minimum Gasteiger partial charge on any atom is -0.488 e. The fourth-order valence-corrected chi connectivity index (χ4v) is 3.66. The van der Waals surface area contributed by atoms with Crippen molar-refractivity contribution in [3.05, 3.63) is 90.0 Å². The number of hydrogen-bond acceptors (Lipinski definition) is 5. The Labute approximate surface area is 191 Å². The number of amides is 2. The number of anilines is 2. The molecule has 1 N–H and O–H groups in total. The van der Waals surface area contributed by atoms with E-state index in [1.54, 1.807) is 62.4 Å². The van der Waals surface area contributed by atoms with Crippen LogP contribution in [0.1, 0.15) is 29.8 Å². The summed E-state index contributed by atoms with van der Waals surface area (Å²) >= 11 is 0. The van der Waals surface area contributed by atoms with Gasteiger partial charge in [-0.2, -0.15) is 0 Å². The molecule has 1 aliphatic rings. The Kier molecular flexibility index (Phi) is 6.13. The topological polar surface area (TPSA) is 84.9 Å². The molecule has 0 saturated carbocycles. The summed E-state index contributed by atoms with van der Waals surface area (Å²) in [7, 11) is 0. The van der Waals surface area contributed by atoms with Crippen LogP contribution < -0.4 is 15.0 Å². The summed E-state index contributed by atoms with van der Waals surface area (Å²) in [5, 5.41) is 2.80. The third-order valence-electron chi connectivity index (χ3n) is 5.43. The predicted molar refractivity (Wildman–Crippen MR) is 124 cm³/mol. The van der Waals surface area contributed by atoms with Gasteiger partial charge in [-0.3, -0.25) is 14.5 Å². The quantitative estimate of drug-likeness (QED) is 0.577. The lowest BCUT2D eigenvalue weighted by atomic mass is 9.96. The molecule has 0 radical (unpaired) electrons. The SMILES string of the molecule is CC1(C)C(=O)Nc2ccccc2N1C(=O)COC(=O)c1ccccc1OCc1ccccc1. The number of para-hydroxylation sites is 3. The highest BCUT2D eigenvalue weighted by Gasteiger charge is 2.43. The summed E-state index contributed by atoms with van der Waals surface area (Å²) in [5.74, 6) is -1.14.